The Hall–Kier alpha value is -0.770. The molecule has 0 aliphatic carbocycles. The minimum Gasteiger partial charge on any atom is -0.467 e. The van der Waals surface area contributed by atoms with Gasteiger partial charge in [-0.05, 0) is 13.8 Å². The normalized spacial score (nSPS) is 10.3. The molecule has 0 aliphatic rings. The molecular weight excluding hydrogens is 148 g/mol. The number of anilines is 1. The topological polar surface area (TPSA) is 48.1 Å². The number of ether oxygens (including phenoxy) is 1. The predicted molar refractivity (Wildman–Crippen MR) is 42.3 cm³/mol. The molecule has 1 rings (SSSR count). The van der Waals surface area contributed by atoms with Crippen molar-refractivity contribution in [1.29, 1.82) is 0 Å². The summed E-state index contributed by atoms with van der Waals surface area (Å²) in [5.74, 6) is 0. The van der Waals surface area contributed by atoms with Gasteiger partial charge in [0.1, 0.15) is 5.00 Å². The van der Waals surface area contributed by atoms with Crippen molar-refractivity contribution in [3.63, 3.8) is 0 Å². The zero-order chi connectivity index (χ0) is 7.56. The van der Waals surface area contributed by atoms with E-state index in [0.29, 0.717) is 10.2 Å². The van der Waals surface area contributed by atoms with Crippen molar-refractivity contribution < 1.29 is 4.74 Å². The van der Waals surface area contributed by atoms with E-state index in [1.165, 1.54) is 11.3 Å². The molecule has 0 amide bonds. The van der Waals surface area contributed by atoms with E-state index in [2.05, 4.69) is 4.98 Å². The number of nitrogens with zero attached hydrogens (tertiary/aromatic N) is 1. The van der Waals surface area contributed by atoms with Gasteiger partial charge in [-0.1, -0.05) is 11.3 Å². The van der Waals surface area contributed by atoms with Crippen molar-refractivity contribution in [3.8, 4) is 5.19 Å². The highest BCUT2D eigenvalue weighted by molar-refractivity contribution is 7.17. The lowest BCUT2D eigenvalue weighted by atomic mass is 10.5. The average molecular weight is 158 g/mol. The average Bonchev–Trinajstić information content (AvgIpc) is 2.13. The van der Waals surface area contributed by atoms with Crippen LogP contribution in [0.2, 0.25) is 0 Å². The Morgan fingerprint density at radius 1 is 1.70 bits per heavy atom. The van der Waals surface area contributed by atoms with Gasteiger partial charge < -0.3 is 10.5 Å². The minimum absolute atomic E-state index is 0.172. The van der Waals surface area contributed by atoms with Crippen molar-refractivity contribution in [2.75, 3.05) is 5.73 Å². The molecular formula is C6H10N2OS. The summed E-state index contributed by atoms with van der Waals surface area (Å²) in [5.41, 5.74) is 5.43. The van der Waals surface area contributed by atoms with Crippen LogP contribution in [0.3, 0.4) is 0 Å². The van der Waals surface area contributed by atoms with Crippen molar-refractivity contribution in [2.24, 2.45) is 0 Å². The Balaban J connectivity index is 2.58. The summed E-state index contributed by atoms with van der Waals surface area (Å²) in [5, 5.41) is 1.34. The monoisotopic (exact) mass is 158 g/mol. The van der Waals surface area contributed by atoms with E-state index in [-0.39, 0.29) is 6.10 Å². The Labute approximate surface area is 63.8 Å². The summed E-state index contributed by atoms with van der Waals surface area (Å²) >= 11 is 1.36. The van der Waals surface area contributed by atoms with Gasteiger partial charge in [0.2, 0.25) is 0 Å². The third-order valence-corrected chi connectivity index (χ3v) is 1.56. The second-order valence-electron chi connectivity index (χ2n) is 2.20. The highest BCUT2D eigenvalue weighted by Crippen LogP contribution is 2.22. The van der Waals surface area contributed by atoms with Gasteiger partial charge in [0, 0.05) is 0 Å². The van der Waals surface area contributed by atoms with E-state index in [1.54, 1.807) is 6.20 Å². The molecule has 0 fully saturated rings. The summed E-state index contributed by atoms with van der Waals surface area (Å²) in [7, 11) is 0. The molecule has 0 saturated heterocycles. The van der Waals surface area contributed by atoms with Crippen LogP contribution in [0, 0.1) is 0 Å². The van der Waals surface area contributed by atoms with Crippen molar-refractivity contribution >= 4 is 16.3 Å². The minimum atomic E-state index is 0.172. The van der Waals surface area contributed by atoms with Crippen molar-refractivity contribution in [3.05, 3.63) is 6.20 Å². The molecule has 1 heterocycles. The van der Waals surface area contributed by atoms with E-state index in [9.17, 15) is 0 Å². The molecule has 1 aromatic heterocycles. The number of hydrogen-bond acceptors (Lipinski definition) is 4. The Kier molecular flexibility index (Phi) is 2.11. The van der Waals surface area contributed by atoms with Crippen LogP contribution >= 0.6 is 11.3 Å². The van der Waals surface area contributed by atoms with Gasteiger partial charge in [-0.15, -0.1) is 0 Å². The number of aromatic nitrogens is 1. The first-order valence-corrected chi connectivity index (χ1v) is 3.88. The fraction of sp³-hybridized carbons (Fsp3) is 0.500. The molecule has 4 heteroatoms. The number of nitrogen functional groups attached to an aromatic ring is 1. The molecule has 56 valence electrons. The molecule has 0 bridgehead atoms. The number of rotatable bonds is 2. The molecule has 3 nitrogen and oxygen atoms in total. The first kappa shape index (κ1) is 7.34. The van der Waals surface area contributed by atoms with E-state index in [1.807, 2.05) is 13.8 Å². The van der Waals surface area contributed by atoms with Crippen LogP contribution in [0.4, 0.5) is 5.00 Å². The second-order valence-corrected chi connectivity index (χ2v) is 3.22. The third kappa shape index (κ3) is 1.88. The van der Waals surface area contributed by atoms with E-state index in [0.717, 1.165) is 0 Å². The van der Waals surface area contributed by atoms with Crippen LogP contribution in [0.25, 0.3) is 0 Å². The molecule has 1 aromatic rings. The molecule has 0 saturated carbocycles. The molecule has 10 heavy (non-hydrogen) atoms. The molecule has 0 spiro atoms. The standard InChI is InChI=1S/C6H10N2OS/c1-4(2)9-6-8-3-5(7)10-6/h3-4H,7H2,1-2H3. The van der Waals surface area contributed by atoms with E-state index >= 15 is 0 Å². The molecule has 0 atom stereocenters. The second kappa shape index (κ2) is 2.88. The van der Waals surface area contributed by atoms with Gasteiger partial charge in [0.05, 0.1) is 12.3 Å². The number of hydrogen-bond donors (Lipinski definition) is 1. The summed E-state index contributed by atoms with van der Waals surface area (Å²) in [6, 6.07) is 0. The molecule has 2 N–H and O–H groups in total. The van der Waals surface area contributed by atoms with Gasteiger partial charge in [-0.2, -0.15) is 0 Å². The summed E-state index contributed by atoms with van der Waals surface area (Å²) in [4.78, 5) is 3.93. The lowest BCUT2D eigenvalue weighted by Crippen LogP contribution is -2.04. The number of nitrogens with two attached hydrogens (primary N) is 1. The van der Waals surface area contributed by atoms with Crippen LogP contribution in [0.15, 0.2) is 6.20 Å². The predicted octanol–water partition coefficient (Wildman–Crippen LogP) is 1.51. The third-order valence-electron chi connectivity index (χ3n) is 0.839. The summed E-state index contributed by atoms with van der Waals surface area (Å²) < 4.78 is 5.26. The largest absolute Gasteiger partial charge is 0.467 e. The SMILES string of the molecule is CC(C)Oc1ncc(N)s1. The summed E-state index contributed by atoms with van der Waals surface area (Å²) in [6.07, 6.45) is 1.77. The molecule has 0 aromatic carbocycles. The zero-order valence-corrected chi connectivity index (χ0v) is 6.81. The zero-order valence-electron chi connectivity index (χ0n) is 6.00. The maximum Gasteiger partial charge on any atom is 0.275 e. The molecule has 0 aliphatic heterocycles. The van der Waals surface area contributed by atoms with E-state index < -0.39 is 0 Å². The lowest BCUT2D eigenvalue weighted by molar-refractivity contribution is 0.241. The van der Waals surface area contributed by atoms with Crippen molar-refractivity contribution in [2.45, 2.75) is 20.0 Å². The Morgan fingerprint density at radius 2 is 2.40 bits per heavy atom. The highest BCUT2D eigenvalue weighted by Gasteiger charge is 2.00. The smallest absolute Gasteiger partial charge is 0.275 e. The Bertz CT molecular complexity index is 209. The molecule has 0 unspecified atom stereocenters. The first-order chi connectivity index (χ1) is 4.68. The quantitative estimate of drug-likeness (QED) is 0.709. The lowest BCUT2D eigenvalue weighted by Gasteiger charge is -2.03. The van der Waals surface area contributed by atoms with Crippen LogP contribution in [0.5, 0.6) is 5.19 Å². The van der Waals surface area contributed by atoms with E-state index in [4.69, 9.17) is 10.5 Å². The van der Waals surface area contributed by atoms with Gasteiger partial charge in [-0.3, -0.25) is 0 Å². The summed E-state index contributed by atoms with van der Waals surface area (Å²) in [6.45, 7) is 3.91. The highest BCUT2D eigenvalue weighted by atomic mass is 32.1. The van der Waals surface area contributed by atoms with Gasteiger partial charge in [0.25, 0.3) is 5.19 Å². The molecule has 0 radical (unpaired) electrons. The fourth-order valence-corrected chi connectivity index (χ4v) is 1.18. The van der Waals surface area contributed by atoms with Gasteiger partial charge >= 0.3 is 0 Å². The van der Waals surface area contributed by atoms with Crippen LogP contribution in [-0.4, -0.2) is 11.1 Å². The van der Waals surface area contributed by atoms with Gasteiger partial charge in [0.15, 0.2) is 0 Å². The maximum atomic E-state index is 5.43. The van der Waals surface area contributed by atoms with Crippen LogP contribution in [0.1, 0.15) is 13.8 Å². The first-order valence-electron chi connectivity index (χ1n) is 3.06. The fourth-order valence-electron chi connectivity index (χ4n) is 0.526. The maximum absolute atomic E-state index is 5.43. The van der Waals surface area contributed by atoms with Crippen LogP contribution < -0.4 is 10.5 Å². The Morgan fingerprint density at radius 3 is 2.80 bits per heavy atom. The van der Waals surface area contributed by atoms with Gasteiger partial charge in [-0.25, -0.2) is 4.98 Å². The number of thiazole rings is 1. The van der Waals surface area contributed by atoms with Crippen molar-refractivity contribution in [1.82, 2.24) is 4.98 Å². The van der Waals surface area contributed by atoms with Crippen LogP contribution in [-0.2, 0) is 0 Å².